The minimum Gasteiger partial charge on any atom is -0.465 e. The third-order valence-corrected chi connectivity index (χ3v) is 3.12. The summed E-state index contributed by atoms with van der Waals surface area (Å²) in [5, 5.41) is 10.0. The van der Waals surface area contributed by atoms with E-state index in [-0.39, 0.29) is 18.8 Å². The predicted molar refractivity (Wildman–Crippen MR) is 75.7 cm³/mol. The van der Waals surface area contributed by atoms with Crippen LogP contribution in [0.2, 0.25) is 10.0 Å². The molecular weight excluding hydrogens is 301 g/mol. The van der Waals surface area contributed by atoms with Gasteiger partial charge < -0.3 is 4.74 Å². The molecule has 1 rings (SSSR count). The zero-order valence-corrected chi connectivity index (χ0v) is 12.4. The Morgan fingerprint density at radius 3 is 2.65 bits per heavy atom. The Morgan fingerprint density at radius 1 is 1.40 bits per heavy atom. The fourth-order valence-electron chi connectivity index (χ4n) is 1.62. The zero-order chi connectivity index (χ0) is 15.1. The lowest BCUT2D eigenvalue weighted by atomic mass is 9.97. The predicted octanol–water partition coefficient (Wildman–Crippen LogP) is 3.51. The quantitative estimate of drug-likeness (QED) is 0.595. The monoisotopic (exact) mass is 313 g/mol. The fourth-order valence-corrected chi connectivity index (χ4v) is 2.16. The number of hydrogen-bond acceptors (Lipinski definition) is 4. The van der Waals surface area contributed by atoms with Crippen LogP contribution in [-0.2, 0) is 14.3 Å². The van der Waals surface area contributed by atoms with Crippen molar-refractivity contribution in [3.8, 4) is 6.07 Å². The van der Waals surface area contributed by atoms with Gasteiger partial charge in [-0.25, -0.2) is 0 Å². The largest absolute Gasteiger partial charge is 0.465 e. The summed E-state index contributed by atoms with van der Waals surface area (Å²) in [6.45, 7) is 1.37. The maximum absolute atomic E-state index is 11.2. The van der Waals surface area contributed by atoms with Gasteiger partial charge in [0.1, 0.15) is 12.2 Å². The number of ketones is 1. The summed E-state index contributed by atoms with van der Waals surface area (Å²) in [6, 6.07) is 6.99. The topological polar surface area (TPSA) is 67.2 Å². The van der Waals surface area contributed by atoms with Crippen molar-refractivity contribution >= 4 is 35.0 Å². The maximum atomic E-state index is 11.2. The Hall–Kier alpha value is -1.57. The molecule has 4 nitrogen and oxygen atoms in total. The van der Waals surface area contributed by atoms with Crippen molar-refractivity contribution in [3.05, 3.63) is 33.8 Å². The lowest BCUT2D eigenvalue weighted by Gasteiger charge is -2.11. The molecule has 6 heteroatoms. The van der Waals surface area contributed by atoms with E-state index in [9.17, 15) is 9.59 Å². The Balaban J connectivity index is 2.58. The van der Waals surface area contributed by atoms with Gasteiger partial charge in [-0.2, -0.15) is 5.26 Å². The number of rotatable bonds is 6. The highest BCUT2D eigenvalue weighted by molar-refractivity contribution is 6.35. The second kappa shape index (κ2) is 7.88. The van der Waals surface area contributed by atoms with Gasteiger partial charge in [-0.3, -0.25) is 9.59 Å². The Bertz CT molecular complexity index is 552. The van der Waals surface area contributed by atoms with Gasteiger partial charge in [0.25, 0.3) is 0 Å². The number of ether oxygens (including phenoxy) is 1. The molecule has 0 aliphatic rings. The maximum Gasteiger partial charge on any atom is 0.313 e. The van der Waals surface area contributed by atoms with E-state index in [2.05, 4.69) is 6.07 Å². The smallest absolute Gasteiger partial charge is 0.313 e. The number of Topliss-reactive ketones (excluding diaryl/α,β-unsaturated/α-hetero) is 1. The van der Waals surface area contributed by atoms with Gasteiger partial charge in [-0.15, -0.1) is 0 Å². The summed E-state index contributed by atoms with van der Waals surface area (Å²) in [5.74, 6) is -1.34. The lowest BCUT2D eigenvalue weighted by molar-refractivity contribution is -0.145. The molecule has 0 aliphatic heterocycles. The van der Waals surface area contributed by atoms with Crippen molar-refractivity contribution in [1.82, 2.24) is 0 Å². The highest BCUT2D eigenvalue weighted by Crippen LogP contribution is 2.29. The van der Waals surface area contributed by atoms with Gasteiger partial charge in [0, 0.05) is 16.5 Å². The number of halogens is 2. The van der Waals surface area contributed by atoms with Crippen molar-refractivity contribution in [2.24, 2.45) is 0 Å². The van der Waals surface area contributed by atoms with Crippen LogP contribution in [0.3, 0.4) is 0 Å². The van der Waals surface area contributed by atoms with Gasteiger partial charge in [0.15, 0.2) is 0 Å². The van der Waals surface area contributed by atoms with E-state index < -0.39 is 11.9 Å². The number of nitriles is 1. The molecule has 0 N–H and O–H groups in total. The minimum atomic E-state index is -0.587. The van der Waals surface area contributed by atoms with Crippen LogP contribution in [0.4, 0.5) is 0 Å². The molecule has 0 radical (unpaired) electrons. The Morgan fingerprint density at radius 2 is 2.10 bits per heavy atom. The molecule has 0 heterocycles. The molecule has 0 bridgehead atoms. The molecular formula is C14H13Cl2NO3. The molecule has 1 atom stereocenters. The minimum absolute atomic E-state index is 0.0588. The SMILES string of the molecule is CC(=O)CC(=O)OCCC(C#N)c1ccc(Cl)cc1Cl. The molecule has 1 unspecified atom stereocenters. The van der Waals surface area contributed by atoms with E-state index >= 15 is 0 Å². The van der Waals surface area contributed by atoms with Gasteiger partial charge in [-0.1, -0.05) is 29.3 Å². The van der Waals surface area contributed by atoms with Crippen molar-refractivity contribution in [3.63, 3.8) is 0 Å². The molecule has 20 heavy (non-hydrogen) atoms. The van der Waals surface area contributed by atoms with Crippen molar-refractivity contribution < 1.29 is 14.3 Å². The molecule has 0 aromatic heterocycles. The summed E-state index contributed by atoms with van der Waals surface area (Å²) < 4.78 is 4.89. The highest BCUT2D eigenvalue weighted by atomic mass is 35.5. The summed E-state index contributed by atoms with van der Waals surface area (Å²) in [7, 11) is 0. The van der Waals surface area contributed by atoms with Crippen LogP contribution in [0.25, 0.3) is 0 Å². The van der Waals surface area contributed by atoms with Gasteiger partial charge in [0.05, 0.1) is 18.6 Å². The van der Waals surface area contributed by atoms with Crippen LogP contribution < -0.4 is 0 Å². The van der Waals surface area contributed by atoms with Gasteiger partial charge in [0.2, 0.25) is 0 Å². The molecule has 0 amide bonds. The number of carbonyl (C=O) groups is 2. The van der Waals surface area contributed by atoms with Crippen molar-refractivity contribution in [2.75, 3.05) is 6.61 Å². The molecule has 106 valence electrons. The molecule has 0 saturated carbocycles. The van der Waals surface area contributed by atoms with Crippen LogP contribution in [0.1, 0.15) is 31.2 Å². The number of nitrogens with zero attached hydrogens (tertiary/aromatic N) is 1. The normalized spacial score (nSPS) is 11.5. The summed E-state index contributed by atoms with van der Waals surface area (Å²) in [6.07, 6.45) is 0.0560. The zero-order valence-electron chi connectivity index (χ0n) is 10.9. The summed E-state index contributed by atoms with van der Waals surface area (Å²) in [4.78, 5) is 21.9. The second-order valence-corrected chi connectivity index (χ2v) is 5.08. The number of hydrogen-bond donors (Lipinski definition) is 0. The molecule has 1 aromatic carbocycles. The second-order valence-electron chi connectivity index (χ2n) is 4.24. The molecule has 0 fully saturated rings. The molecule has 0 aliphatic carbocycles. The first-order chi connectivity index (χ1) is 9.43. The van der Waals surface area contributed by atoms with E-state index in [0.29, 0.717) is 22.0 Å². The van der Waals surface area contributed by atoms with Gasteiger partial charge in [-0.05, 0) is 24.6 Å². The van der Waals surface area contributed by atoms with E-state index in [1.165, 1.54) is 6.92 Å². The Labute approximate surface area is 127 Å². The number of benzene rings is 1. The molecule has 1 aromatic rings. The average Bonchev–Trinajstić information content (AvgIpc) is 2.35. The van der Waals surface area contributed by atoms with Crippen LogP contribution in [0.5, 0.6) is 0 Å². The summed E-state index contributed by atoms with van der Waals surface area (Å²) in [5.41, 5.74) is 0.640. The van der Waals surface area contributed by atoms with Crippen LogP contribution in [-0.4, -0.2) is 18.4 Å². The first-order valence-corrected chi connectivity index (χ1v) is 6.69. The van der Waals surface area contributed by atoms with Crippen molar-refractivity contribution in [2.45, 2.75) is 25.7 Å². The highest BCUT2D eigenvalue weighted by Gasteiger charge is 2.15. The molecule has 0 saturated heterocycles. The third-order valence-electron chi connectivity index (χ3n) is 2.56. The lowest BCUT2D eigenvalue weighted by Crippen LogP contribution is -2.11. The van der Waals surface area contributed by atoms with Gasteiger partial charge >= 0.3 is 5.97 Å². The number of carbonyl (C=O) groups excluding carboxylic acids is 2. The van der Waals surface area contributed by atoms with E-state index in [0.717, 1.165) is 0 Å². The first-order valence-electron chi connectivity index (χ1n) is 5.93. The molecule has 0 spiro atoms. The van der Waals surface area contributed by atoms with Crippen LogP contribution in [0.15, 0.2) is 18.2 Å². The third kappa shape index (κ3) is 5.20. The standard InChI is InChI=1S/C14H13Cl2NO3/c1-9(18)6-14(19)20-5-4-10(8-17)12-3-2-11(15)7-13(12)16/h2-3,7,10H,4-6H2,1H3. The van der Waals surface area contributed by atoms with Crippen molar-refractivity contribution in [1.29, 1.82) is 5.26 Å². The summed E-state index contributed by atoms with van der Waals surface area (Å²) >= 11 is 11.8. The van der Waals surface area contributed by atoms with E-state index in [1.807, 2.05) is 0 Å². The fraction of sp³-hybridized carbons (Fsp3) is 0.357. The first kappa shape index (κ1) is 16.5. The van der Waals surface area contributed by atoms with Crippen LogP contribution in [0, 0.1) is 11.3 Å². The number of esters is 1. The van der Waals surface area contributed by atoms with E-state index in [4.69, 9.17) is 33.2 Å². The average molecular weight is 314 g/mol. The van der Waals surface area contributed by atoms with E-state index in [1.54, 1.807) is 18.2 Å². The van der Waals surface area contributed by atoms with Crippen LogP contribution >= 0.6 is 23.2 Å². The Kier molecular flexibility index (Phi) is 6.50.